The lowest BCUT2D eigenvalue weighted by Gasteiger charge is -2.35. The van der Waals surface area contributed by atoms with Gasteiger partial charge in [-0.25, -0.2) is 0 Å². The Morgan fingerprint density at radius 2 is 2.32 bits per heavy atom. The number of methoxy groups -OCH3 is 1. The highest BCUT2D eigenvalue weighted by atomic mass is 16.5. The number of rotatable bonds is 5. The van der Waals surface area contributed by atoms with Gasteiger partial charge in [0.1, 0.15) is 5.75 Å². The maximum Gasteiger partial charge on any atom is 0.305 e. The number of para-hydroxylation sites is 1. The summed E-state index contributed by atoms with van der Waals surface area (Å²) in [5, 5.41) is 8.94. The molecule has 1 atom stereocenters. The zero-order chi connectivity index (χ0) is 13.7. The summed E-state index contributed by atoms with van der Waals surface area (Å²) < 4.78 is 10.7. The van der Waals surface area contributed by atoms with E-state index in [0.717, 1.165) is 17.9 Å². The molecule has 1 fully saturated rings. The molecule has 0 radical (unpaired) electrons. The molecule has 1 saturated heterocycles. The van der Waals surface area contributed by atoms with Crippen LogP contribution in [0.5, 0.6) is 5.75 Å². The quantitative estimate of drug-likeness (QED) is 0.871. The Bertz CT molecular complexity index is 435. The van der Waals surface area contributed by atoms with Crippen LogP contribution in [-0.4, -0.2) is 48.9 Å². The smallest absolute Gasteiger partial charge is 0.305 e. The summed E-state index contributed by atoms with van der Waals surface area (Å²) in [5.74, 6) is 0.0450. The molecule has 1 aliphatic heterocycles. The monoisotopic (exact) mass is 265 g/mol. The summed E-state index contributed by atoms with van der Waals surface area (Å²) in [6.07, 6.45) is 0.106. The molecular formula is C14H19NO4. The van der Waals surface area contributed by atoms with Gasteiger partial charge in [-0.05, 0) is 6.07 Å². The van der Waals surface area contributed by atoms with Gasteiger partial charge in [-0.3, -0.25) is 9.69 Å². The van der Waals surface area contributed by atoms with Gasteiger partial charge < -0.3 is 14.6 Å². The van der Waals surface area contributed by atoms with Crippen molar-refractivity contribution in [2.24, 2.45) is 0 Å². The highest BCUT2D eigenvalue weighted by Gasteiger charge is 2.25. The van der Waals surface area contributed by atoms with Crippen LogP contribution in [0.2, 0.25) is 0 Å². The van der Waals surface area contributed by atoms with Crippen LogP contribution >= 0.6 is 0 Å². The van der Waals surface area contributed by atoms with Gasteiger partial charge in [0, 0.05) is 24.7 Å². The molecule has 1 unspecified atom stereocenters. The first-order valence-electron chi connectivity index (χ1n) is 6.36. The third kappa shape index (κ3) is 3.68. The van der Waals surface area contributed by atoms with Crippen molar-refractivity contribution in [3.63, 3.8) is 0 Å². The summed E-state index contributed by atoms with van der Waals surface area (Å²) in [4.78, 5) is 13.0. The van der Waals surface area contributed by atoms with Crippen molar-refractivity contribution < 1.29 is 19.4 Å². The van der Waals surface area contributed by atoms with Gasteiger partial charge in [-0.15, -0.1) is 0 Å². The second kappa shape index (κ2) is 6.54. The van der Waals surface area contributed by atoms with Crippen molar-refractivity contribution in [3.05, 3.63) is 29.8 Å². The number of carbonyl (C=O) groups is 1. The zero-order valence-corrected chi connectivity index (χ0v) is 11.0. The van der Waals surface area contributed by atoms with Crippen molar-refractivity contribution in [1.29, 1.82) is 0 Å². The van der Waals surface area contributed by atoms with Crippen molar-refractivity contribution in [1.82, 2.24) is 4.90 Å². The van der Waals surface area contributed by atoms with Crippen LogP contribution in [0.4, 0.5) is 0 Å². The fraction of sp³-hybridized carbons (Fsp3) is 0.500. The summed E-state index contributed by atoms with van der Waals surface area (Å²) in [5.41, 5.74) is 1.07. The number of nitrogens with zero attached hydrogens (tertiary/aromatic N) is 1. The molecule has 5 heteroatoms. The Kier molecular flexibility index (Phi) is 4.76. The maximum atomic E-state index is 10.9. The van der Waals surface area contributed by atoms with Gasteiger partial charge in [-0.2, -0.15) is 0 Å². The average Bonchev–Trinajstić information content (AvgIpc) is 2.41. The van der Waals surface area contributed by atoms with Crippen LogP contribution in [0, 0.1) is 0 Å². The van der Waals surface area contributed by atoms with Crippen LogP contribution < -0.4 is 4.74 Å². The third-order valence-corrected chi connectivity index (χ3v) is 3.33. The largest absolute Gasteiger partial charge is 0.496 e. The Morgan fingerprint density at radius 1 is 1.53 bits per heavy atom. The minimum atomic E-state index is -0.791. The van der Waals surface area contributed by atoms with Crippen molar-refractivity contribution in [2.75, 3.05) is 26.9 Å². The molecule has 0 amide bonds. The van der Waals surface area contributed by atoms with E-state index in [1.807, 2.05) is 24.3 Å². The van der Waals surface area contributed by atoms with E-state index in [1.54, 1.807) is 7.11 Å². The maximum absolute atomic E-state index is 10.9. The van der Waals surface area contributed by atoms with E-state index in [9.17, 15) is 4.79 Å². The molecule has 1 N–H and O–H groups in total. The van der Waals surface area contributed by atoms with Gasteiger partial charge in [-0.1, -0.05) is 18.2 Å². The fourth-order valence-electron chi connectivity index (χ4n) is 2.34. The molecule has 0 saturated carbocycles. The lowest BCUT2D eigenvalue weighted by Crippen LogP contribution is -2.45. The minimum absolute atomic E-state index is 0.0730. The van der Waals surface area contributed by atoms with E-state index in [1.165, 1.54) is 0 Å². The number of ether oxygens (including phenoxy) is 2. The predicted molar refractivity (Wildman–Crippen MR) is 70.3 cm³/mol. The number of hydrogen-bond donors (Lipinski definition) is 1. The molecule has 0 bridgehead atoms. The highest BCUT2D eigenvalue weighted by Crippen LogP contribution is 2.22. The molecule has 19 heavy (non-hydrogen) atoms. The molecule has 5 nitrogen and oxygen atoms in total. The van der Waals surface area contributed by atoms with Gasteiger partial charge in [0.25, 0.3) is 0 Å². The van der Waals surface area contributed by atoms with Crippen molar-refractivity contribution >= 4 is 5.97 Å². The molecule has 1 heterocycles. The normalized spacial score (nSPS) is 20.2. The molecule has 0 aromatic heterocycles. The first-order chi connectivity index (χ1) is 9.20. The van der Waals surface area contributed by atoms with Gasteiger partial charge >= 0.3 is 5.97 Å². The first kappa shape index (κ1) is 13.8. The summed E-state index contributed by atoms with van der Waals surface area (Å²) in [6.45, 7) is 2.55. The topological polar surface area (TPSA) is 59.0 Å². The van der Waals surface area contributed by atoms with E-state index in [4.69, 9.17) is 14.6 Å². The molecule has 104 valence electrons. The van der Waals surface area contributed by atoms with Crippen molar-refractivity contribution in [2.45, 2.75) is 19.0 Å². The zero-order valence-electron chi connectivity index (χ0n) is 11.0. The van der Waals surface area contributed by atoms with E-state index in [-0.39, 0.29) is 12.5 Å². The highest BCUT2D eigenvalue weighted by molar-refractivity contribution is 5.67. The van der Waals surface area contributed by atoms with E-state index in [0.29, 0.717) is 19.8 Å². The van der Waals surface area contributed by atoms with Crippen LogP contribution in [-0.2, 0) is 16.1 Å². The Hall–Kier alpha value is -1.59. The number of hydrogen-bond acceptors (Lipinski definition) is 4. The summed E-state index contributed by atoms with van der Waals surface area (Å²) in [7, 11) is 1.65. The second-order valence-corrected chi connectivity index (χ2v) is 4.61. The number of carboxylic acids is 1. The second-order valence-electron chi connectivity index (χ2n) is 4.61. The third-order valence-electron chi connectivity index (χ3n) is 3.33. The fourth-order valence-corrected chi connectivity index (χ4v) is 2.34. The molecule has 2 rings (SSSR count). The van der Waals surface area contributed by atoms with Gasteiger partial charge in [0.15, 0.2) is 0 Å². The average molecular weight is 265 g/mol. The summed E-state index contributed by atoms with van der Waals surface area (Å²) in [6, 6.07) is 7.74. The number of carboxylic acid groups (broad SMARTS) is 1. The summed E-state index contributed by atoms with van der Waals surface area (Å²) >= 11 is 0. The standard InChI is InChI=1S/C14H19NO4/c1-18-13-5-3-2-4-11(13)9-15-6-7-19-10-12(15)8-14(16)17/h2-5,12H,6-10H2,1H3,(H,16,17). The van der Waals surface area contributed by atoms with Crippen LogP contribution in [0.15, 0.2) is 24.3 Å². The molecule has 1 aliphatic rings. The van der Waals surface area contributed by atoms with Crippen LogP contribution in [0.1, 0.15) is 12.0 Å². The van der Waals surface area contributed by atoms with E-state index in [2.05, 4.69) is 4.90 Å². The molecule has 1 aromatic rings. The van der Waals surface area contributed by atoms with Gasteiger partial charge in [0.2, 0.25) is 0 Å². The molecule has 0 spiro atoms. The number of morpholine rings is 1. The van der Waals surface area contributed by atoms with Crippen LogP contribution in [0.25, 0.3) is 0 Å². The lowest BCUT2D eigenvalue weighted by atomic mass is 10.1. The Labute approximate surface area is 112 Å². The Balaban J connectivity index is 2.08. The first-order valence-corrected chi connectivity index (χ1v) is 6.36. The molecule has 0 aliphatic carbocycles. The SMILES string of the molecule is COc1ccccc1CN1CCOCC1CC(=O)O. The number of benzene rings is 1. The van der Waals surface area contributed by atoms with E-state index >= 15 is 0 Å². The molecule has 1 aromatic carbocycles. The van der Waals surface area contributed by atoms with E-state index < -0.39 is 5.97 Å². The minimum Gasteiger partial charge on any atom is -0.496 e. The van der Waals surface area contributed by atoms with Gasteiger partial charge in [0.05, 0.1) is 26.7 Å². The van der Waals surface area contributed by atoms with Crippen molar-refractivity contribution in [3.8, 4) is 5.75 Å². The molecular weight excluding hydrogens is 246 g/mol. The Morgan fingerprint density at radius 3 is 3.05 bits per heavy atom. The predicted octanol–water partition coefficient (Wildman–Crippen LogP) is 1.37. The van der Waals surface area contributed by atoms with Crippen LogP contribution in [0.3, 0.4) is 0 Å². The lowest BCUT2D eigenvalue weighted by molar-refractivity contribution is -0.140. The number of aliphatic carboxylic acids is 1.